The normalized spacial score (nSPS) is 5.67. The van der Waals surface area contributed by atoms with Gasteiger partial charge in [0.15, 0.2) is 0 Å². The molecule has 0 aliphatic carbocycles. The first-order chi connectivity index (χ1) is 1.73. The molecule has 0 N–H and O–H groups in total. The van der Waals surface area contributed by atoms with Crippen LogP contribution in [-0.2, 0) is 0 Å². The maximum absolute atomic E-state index is 2.06. The molecular formula is C2H7Br2GeN. The van der Waals surface area contributed by atoms with Gasteiger partial charge in [-0.1, -0.05) is 0 Å². The molecule has 0 unspecified atom stereocenters. The van der Waals surface area contributed by atoms with Gasteiger partial charge < -0.3 is 34.0 Å². The van der Waals surface area contributed by atoms with Gasteiger partial charge in [0.1, 0.15) is 0 Å². The van der Waals surface area contributed by atoms with Gasteiger partial charge in [0.25, 0.3) is 0 Å². The third kappa shape index (κ3) is 50.8. The number of hydrogen-bond donors (Lipinski definition) is 0. The molecule has 6 heavy (non-hydrogen) atoms. The topological polar surface area (TPSA) is 3.24 Å². The number of rotatable bonds is 0. The van der Waals surface area contributed by atoms with Crippen LogP contribution in [0.4, 0.5) is 0 Å². The van der Waals surface area contributed by atoms with E-state index in [1.807, 2.05) is 14.1 Å². The molecule has 0 bridgehead atoms. The summed E-state index contributed by atoms with van der Waals surface area (Å²) >= 11 is 1.63. The summed E-state index contributed by atoms with van der Waals surface area (Å²) in [5.41, 5.74) is 0. The van der Waals surface area contributed by atoms with Crippen LogP contribution in [0.15, 0.2) is 0 Å². The smallest absolute Gasteiger partial charge is 1.00 e. The van der Waals surface area contributed by atoms with Crippen molar-refractivity contribution in [2.24, 2.45) is 0 Å². The van der Waals surface area contributed by atoms with Gasteiger partial charge in [0, 0.05) is 0 Å². The minimum atomic E-state index is 0. The molecule has 0 aliphatic rings. The molecule has 0 radical (unpaired) electrons. The van der Waals surface area contributed by atoms with Crippen molar-refractivity contribution < 1.29 is 34.0 Å². The van der Waals surface area contributed by atoms with Gasteiger partial charge in [0.05, 0.1) is 0 Å². The molecule has 0 aromatic carbocycles. The Bertz CT molecular complexity index is 16.3. The first kappa shape index (κ1) is 15.7. The molecular weight excluding hydrogens is 270 g/mol. The van der Waals surface area contributed by atoms with Crippen LogP contribution in [0.2, 0.25) is 0 Å². The molecule has 0 heterocycles. The van der Waals surface area contributed by atoms with Gasteiger partial charge >= 0.3 is 34.7 Å². The summed E-state index contributed by atoms with van der Waals surface area (Å²) in [5, 5.41) is 0. The fourth-order valence-corrected chi connectivity index (χ4v) is 0. The van der Waals surface area contributed by atoms with Gasteiger partial charge in [0.2, 0.25) is 0 Å². The Hall–Kier alpha value is 1.46. The van der Waals surface area contributed by atoms with Crippen molar-refractivity contribution in [3.05, 3.63) is 0 Å². The van der Waals surface area contributed by atoms with E-state index in [2.05, 4.69) is 3.86 Å². The molecule has 0 rings (SSSR count). The molecule has 0 aromatic rings. The van der Waals surface area contributed by atoms with Gasteiger partial charge in [-0.3, -0.25) is 0 Å². The molecule has 0 aliphatic heterocycles. The summed E-state index contributed by atoms with van der Waals surface area (Å²) in [4.78, 5) is 0. The van der Waals surface area contributed by atoms with E-state index in [0.29, 0.717) is 0 Å². The van der Waals surface area contributed by atoms with Crippen LogP contribution in [0.5, 0.6) is 0 Å². The van der Waals surface area contributed by atoms with E-state index in [1.54, 1.807) is 16.7 Å². The van der Waals surface area contributed by atoms with Crippen LogP contribution in [0.25, 0.3) is 0 Å². The van der Waals surface area contributed by atoms with Crippen LogP contribution in [0, 0.1) is 0 Å². The second-order valence-electron chi connectivity index (χ2n) is 0.964. The third-order valence-electron chi connectivity index (χ3n) is 0. The third-order valence-corrected chi connectivity index (χ3v) is 0. The predicted molar refractivity (Wildman–Crippen MR) is 20.8 cm³/mol. The van der Waals surface area contributed by atoms with Gasteiger partial charge in [-0.15, -0.1) is 0 Å². The fourth-order valence-electron chi connectivity index (χ4n) is 0. The van der Waals surface area contributed by atoms with Crippen LogP contribution in [-0.4, -0.2) is 34.7 Å². The standard InChI is InChI=1S/C2H7GeN.2BrH/c1-4(2)3;;/h3H,1-2H3;2*1H/q+2;;/p-2. The maximum Gasteiger partial charge on any atom is -1.00 e. The van der Waals surface area contributed by atoms with Crippen molar-refractivity contribution in [2.45, 2.75) is 0 Å². The van der Waals surface area contributed by atoms with Crippen molar-refractivity contribution in [2.75, 3.05) is 14.1 Å². The largest absolute Gasteiger partial charge is 1.00 e. The summed E-state index contributed by atoms with van der Waals surface area (Å²) in [6.45, 7) is 0. The second-order valence-corrected chi connectivity index (χ2v) is 3.13. The average molecular weight is 278 g/mol. The molecule has 4 heteroatoms. The van der Waals surface area contributed by atoms with Crippen molar-refractivity contribution >= 4 is 16.7 Å². The van der Waals surface area contributed by atoms with Gasteiger partial charge in [-0.05, 0) is 0 Å². The summed E-state index contributed by atoms with van der Waals surface area (Å²) in [5.74, 6) is 0. The first-order valence-corrected chi connectivity index (χ1v) is 2.24. The Balaban J connectivity index is -0.0000000450. The molecule has 0 amide bonds. The first-order valence-electron chi connectivity index (χ1n) is 1.15. The van der Waals surface area contributed by atoms with E-state index in [4.69, 9.17) is 0 Å². The summed E-state index contributed by atoms with van der Waals surface area (Å²) in [7, 11) is 4.06. The minimum absolute atomic E-state index is 0. The quantitative estimate of drug-likeness (QED) is 0.398. The van der Waals surface area contributed by atoms with E-state index in [-0.39, 0.29) is 34.0 Å². The molecule has 38 valence electrons. The van der Waals surface area contributed by atoms with E-state index < -0.39 is 0 Å². The van der Waals surface area contributed by atoms with Gasteiger partial charge in [-0.25, -0.2) is 0 Å². The van der Waals surface area contributed by atoms with E-state index in [9.17, 15) is 0 Å². The Morgan fingerprint density at radius 2 is 1.17 bits per heavy atom. The molecule has 0 atom stereocenters. The molecule has 0 spiro atoms. The van der Waals surface area contributed by atoms with Crippen LogP contribution in [0.3, 0.4) is 0 Å². The van der Waals surface area contributed by atoms with Gasteiger partial charge in [-0.2, -0.15) is 0 Å². The number of nitrogens with zero attached hydrogens (tertiary/aromatic N) is 1. The van der Waals surface area contributed by atoms with Crippen molar-refractivity contribution in [3.8, 4) is 0 Å². The zero-order valence-corrected chi connectivity index (χ0v) is 9.38. The molecule has 0 aromatic heterocycles. The summed E-state index contributed by atoms with van der Waals surface area (Å²) in [6, 6.07) is 0. The van der Waals surface area contributed by atoms with Crippen molar-refractivity contribution in [1.29, 1.82) is 0 Å². The van der Waals surface area contributed by atoms with E-state index in [1.165, 1.54) is 0 Å². The Morgan fingerprint density at radius 3 is 1.17 bits per heavy atom. The zero-order valence-electron chi connectivity index (χ0n) is 3.78. The Morgan fingerprint density at radius 1 is 1.17 bits per heavy atom. The van der Waals surface area contributed by atoms with Crippen LogP contribution >= 0.6 is 0 Å². The minimum Gasteiger partial charge on any atom is -1.00 e. The van der Waals surface area contributed by atoms with Crippen molar-refractivity contribution in [1.82, 2.24) is 3.86 Å². The summed E-state index contributed by atoms with van der Waals surface area (Å²) in [6.07, 6.45) is 0. The Kier molecular flexibility index (Phi) is 25.3. The second kappa shape index (κ2) is 9.68. The number of halogens is 2. The Labute approximate surface area is 68.5 Å². The average Bonchev–Trinajstić information content (AvgIpc) is 0.811. The fraction of sp³-hybridized carbons (Fsp3) is 1.00. The SMILES string of the molecule is C[N](C)[GeH+2].[Br-].[Br-]. The monoisotopic (exact) mass is 277 g/mol. The molecule has 0 saturated heterocycles. The molecule has 0 saturated carbocycles. The van der Waals surface area contributed by atoms with E-state index >= 15 is 0 Å². The zero-order chi connectivity index (χ0) is 3.58. The van der Waals surface area contributed by atoms with E-state index in [0.717, 1.165) is 0 Å². The summed E-state index contributed by atoms with van der Waals surface area (Å²) < 4.78 is 2.06. The molecule has 1 nitrogen and oxygen atoms in total. The predicted octanol–water partition coefficient (Wildman–Crippen LogP) is -6.63. The maximum atomic E-state index is 2.06. The molecule has 0 fully saturated rings. The van der Waals surface area contributed by atoms with Crippen LogP contribution in [0.1, 0.15) is 0 Å². The van der Waals surface area contributed by atoms with Crippen LogP contribution < -0.4 is 34.0 Å². The number of hydrogen-bond acceptors (Lipinski definition) is 1. The van der Waals surface area contributed by atoms with Crippen molar-refractivity contribution in [3.63, 3.8) is 0 Å².